The SMILES string of the molecule is CC(C)CN(CC(C)C)C(=O)CN1C(=O)NC(C)(c2ccc(C(C)C)cc2)C1=O. The Labute approximate surface area is 174 Å². The Kier molecular flexibility index (Phi) is 7.09. The fraction of sp³-hybridized carbons (Fsp3) is 0.609. The van der Waals surface area contributed by atoms with Crippen molar-refractivity contribution in [3.05, 3.63) is 35.4 Å². The van der Waals surface area contributed by atoms with Gasteiger partial charge in [0.25, 0.3) is 5.91 Å². The normalized spacial score (nSPS) is 19.4. The van der Waals surface area contributed by atoms with E-state index in [4.69, 9.17) is 0 Å². The van der Waals surface area contributed by atoms with Crippen LogP contribution in [0.15, 0.2) is 24.3 Å². The Bertz CT molecular complexity index is 745. The lowest BCUT2D eigenvalue weighted by atomic mass is 9.90. The predicted octanol–water partition coefficient (Wildman–Crippen LogP) is 3.72. The molecule has 1 aliphatic heterocycles. The maximum atomic E-state index is 13.1. The van der Waals surface area contributed by atoms with E-state index in [1.165, 1.54) is 5.56 Å². The first-order valence-corrected chi connectivity index (χ1v) is 10.5. The molecule has 0 bridgehead atoms. The Hall–Kier alpha value is -2.37. The molecule has 29 heavy (non-hydrogen) atoms. The lowest BCUT2D eigenvalue weighted by Gasteiger charge is -2.28. The van der Waals surface area contributed by atoms with E-state index >= 15 is 0 Å². The van der Waals surface area contributed by atoms with E-state index in [2.05, 4.69) is 19.2 Å². The molecular weight excluding hydrogens is 366 g/mol. The zero-order valence-corrected chi connectivity index (χ0v) is 18.8. The van der Waals surface area contributed by atoms with Gasteiger partial charge in [0.2, 0.25) is 5.91 Å². The summed E-state index contributed by atoms with van der Waals surface area (Å²) in [6.07, 6.45) is 0. The average Bonchev–Trinajstić information content (AvgIpc) is 2.84. The average molecular weight is 402 g/mol. The number of carbonyl (C=O) groups excluding carboxylic acids is 3. The Balaban J connectivity index is 2.19. The summed E-state index contributed by atoms with van der Waals surface area (Å²) >= 11 is 0. The van der Waals surface area contributed by atoms with Crippen LogP contribution >= 0.6 is 0 Å². The number of carbonyl (C=O) groups is 3. The van der Waals surface area contributed by atoms with E-state index in [1.807, 2.05) is 52.0 Å². The monoisotopic (exact) mass is 401 g/mol. The van der Waals surface area contributed by atoms with E-state index in [1.54, 1.807) is 11.8 Å². The molecule has 1 aromatic rings. The van der Waals surface area contributed by atoms with Crippen LogP contribution in [0.3, 0.4) is 0 Å². The molecule has 160 valence electrons. The molecule has 1 aliphatic rings. The largest absolute Gasteiger partial charge is 0.341 e. The van der Waals surface area contributed by atoms with Gasteiger partial charge in [0.05, 0.1) is 0 Å². The second-order valence-electron chi connectivity index (χ2n) is 9.31. The number of urea groups is 1. The van der Waals surface area contributed by atoms with Crippen LogP contribution in [-0.2, 0) is 15.1 Å². The van der Waals surface area contributed by atoms with Gasteiger partial charge in [-0.1, -0.05) is 65.8 Å². The molecule has 0 aromatic heterocycles. The summed E-state index contributed by atoms with van der Waals surface area (Å²) in [6.45, 7) is 15.1. The number of hydrogen-bond acceptors (Lipinski definition) is 3. The third-order valence-corrected chi connectivity index (χ3v) is 5.25. The number of imide groups is 1. The van der Waals surface area contributed by atoms with Gasteiger partial charge in [0.1, 0.15) is 12.1 Å². The zero-order valence-electron chi connectivity index (χ0n) is 18.8. The van der Waals surface area contributed by atoms with Crippen LogP contribution < -0.4 is 5.32 Å². The number of rotatable bonds is 8. The molecule has 0 spiro atoms. The highest BCUT2D eigenvalue weighted by Crippen LogP contribution is 2.30. The van der Waals surface area contributed by atoms with Crippen LogP contribution in [0.25, 0.3) is 0 Å². The van der Waals surface area contributed by atoms with E-state index < -0.39 is 11.6 Å². The van der Waals surface area contributed by atoms with Crippen molar-refractivity contribution in [3.8, 4) is 0 Å². The molecule has 1 N–H and O–H groups in total. The van der Waals surface area contributed by atoms with Crippen molar-refractivity contribution < 1.29 is 14.4 Å². The molecule has 1 saturated heterocycles. The van der Waals surface area contributed by atoms with Crippen LogP contribution in [0.4, 0.5) is 4.79 Å². The first-order chi connectivity index (χ1) is 13.5. The lowest BCUT2D eigenvalue weighted by molar-refractivity contribution is -0.139. The van der Waals surface area contributed by atoms with Crippen LogP contribution in [0, 0.1) is 11.8 Å². The predicted molar refractivity (Wildman–Crippen MR) is 114 cm³/mol. The fourth-order valence-corrected chi connectivity index (χ4v) is 3.63. The molecule has 4 amide bonds. The van der Waals surface area contributed by atoms with Crippen molar-refractivity contribution in [2.75, 3.05) is 19.6 Å². The Morgan fingerprint density at radius 1 is 1.00 bits per heavy atom. The summed E-state index contributed by atoms with van der Waals surface area (Å²) < 4.78 is 0. The molecule has 0 aliphatic carbocycles. The Morgan fingerprint density at radius 3 is 1.97 bits per heavy atom. The molecule has 6 nitrogen and oxygen atoms in total. The first-order valence-electron chi connectivity index (χ1n) is 10.5. The van der Waals surface area contributed by atoms with Gasteiger partial charge < -0.3 is 10.2 Å². The van der Waals surface area contributed by atoms with Crippen LogP contribution in [0.2, 0.25) is 0 Å². The van der Waals surface area contributed by atoms with Gasteiger partial charge in [-0.25, -0.2) is 4.79 Å². The molecule has 2 rings (SSSR count). The summed E-state index contributed by atoms with van der Waals surface area (Å²) in [7, 11) is 0. The van der Waals surface area contributed by atoms with E-state index in [0.717, 1.165) is 10.5 Å². The van der Waals surface area contributed by atoms with Gasteiger partial charge in [-0.2, -0.15) is 0 Å². The smallest absolute Gasteiger partial charge is 0.325 e. The molecule has 1 atom stereocenters. The minimum absolute atomic E-state index is 0.199. The van der Waals surface area contributed by atoms with Gasteiger partial charge in [0, 0.05) is 13.1 Å². The van der Waals surface area contributed by atoms with E-state index in [-0.39, 0.29) is 18.4 Å². The van der Waals surface area contributed by atoms with Crippen molar-refractivity contribution >= 4 is 17.8 Å². The number of nitrogens with zero attached hydrogens (tertiary/aromatic N) is 2. The van der Waals surface area contributed by atoms with Crippen LogP contribution in [0.1, 0.15) is 65.5 Å². The molecule has 1 unspecified atom stereocenters. The van der Waals surface area contributed by atoms with Crippen molar-refractivity contribution in [2.24, 2.45) is 11.8 Å². The number of nitrogens with one attached hydrogen (secondary N) is 1. The Morgan fingerprint density at radius 2 is 1.52 bits per heavy atom. The topological polar surface area (TPSA) is 69.7 Å². The highest BCUT2D eigenvalue weighted by Gasteiger charge is 2.49. The molecule has 0 radical (unpaired) electrons. The van der Waals surface area contributed by atoms with Crippen molar-refractivity contribution in [2.45, 2.75) is 59.9 Å². The van der Waals surface area contributed by atoms with Crippen molar-refractivity contribution in [1.82, 2.24) is 15.1 Å². The standard InChI is InChI=1S/C23H35N3O3/c1-15(2)12-25(13-16(3)4)20(27)14-26-21(28)23(7,24-22(26)29)19-10-8-18(9-11-19)17(5)6/h8-11,15-17H,12-14H2,1-7H3,(H,24,29). The minimum atomic E-state index is -1.16. The van der Waals surface area contributed by atoms with Crippen LogP contribution in [-0.4, -0.2) is 47.3 Å². The summed E-state index contributed by atoms with van der Waals surface area (Å²) in [5, 5.41) is 2.79. The third kappa shape index (κ3) is 5.17. The highest BCUT2D eigenvalue weighted by molar-refractivity contribution is 6.09. The summed E-state index contributed by atoms with van der Waals surface area (Å²) in [5.74, 6) is 0.418. The van der Waals surface area contributed by atoms with E-state index in [9.17, 15) is 14.4 Å². The second kappa shape index (κ2) is 8.97. The number of benzene rings is 1. The highest BCUT2D eigenvalue weighted by atomic mass is 16.2. The molecular formula is C23H35N3O3. The fourth-order valence-electron chi connectivity index (χ4n) is 3.63. The third-order valence-electron chi connectivity index (χ3n) is 5.25. The van der Waals surface area contributed by atoms with Gasteiger partial charge >= 0.3 is 6.03 Å². The van der Waals surface area contributed by atoms with Gasteiger partial charge in [0.15, 0.2) is 0 Å². The van der Waals surface area contributed by atoms with Gasteiger partial charge in [-0.05, 0) is 35.8 Å². The number of hydrogen-bond donors (Lipinski definition) is 1. The zero-order chi connectivity index (χ0) is 21.9. The summed E-state index contributed by atoms with van der Waals surface area (Å²) in [5.41, 5.74) is 0.726. The summed E-state index contributed by atoms with van der Waals surface area (Å²) in [4.78, 5) is 41.4. The van der Waals surface area contributed by atoms with E-state index in [0.29, 0.717) is 30.8 Å². The van der Waals surface area contributed by atoms with Gasteiger partial charge in [-0.3, -0.25) is 14.5 Å². The quantitative estimate of drug-likeness (QED) is 0.675. The maximum absolute atomic E-state index is 13.1. The molecule has 1 heterocycles. The molecule has 1 aromatic carbocycles. The lowest BCUT2D eigenvalue weighted by Crippen LogP contribution is -2.46. The molecule has 0 saturated carbocycles. The maximum Gasteiger partial charge on any atom is 0.325 e. The van der Waals surface area contributed by atoms with Crippen molar-refractivity contribution in [1.29, 1.82) is 0 Å². The summed E-state index contributed by atoms with van der Waals surface area (Å²) in [6, 6.07) is 7.19. The second-order valence-corrected chi connectivity index (χ2v) is 9.31. The van der Waals surface area contributed by atoms with Crippen LogP contribution in [0.5, 0.6) is 0 Å². The van der Waals surface area contributed by atoms with Crippen molar-refractivity contribution in [3.63, 3.8) is 0 Å². The number of amides is 4. The minimum Gasteiger partial charge on any atom is -0.341 e. The van der Waals surface area contributed by atoms with Gasteiger partial charge in [-0.15, -0.1) is 0 Å². The first kappa shape index (κ1) is 22.9. The molecule has 6 heteroatoms. The molecule has 1 fully saturated rings.